The van der Waals surface area contributed by atoms with Crippen molar-refractivity contribution in [3.05, 3.63) is 210 Å². The van der Waals surface area contributed by atoms with E-state index in [-0.39, 0.29) is 16.2 Å². The fraction of sp³-hybridized carbons (Fsp3) is 0.211. The van der Waals surface area contributed by atoms with E-state index >= 15 is 0 Å². The minimum absolute atomic E-state index is 0.136. The van der Waals surface area contributed by atoms with Gasteiger partial charge in [0, 0.05) is 46.1 Å². The predicted octanol–water partition coefficient (Wildman–Crippen LogP) is 14.3. The summed E-state index contributed by atoms with van der Waals surface area (Å²) in [6.45, 7) is 14.0. The third-order valence-corrected chi connectivity index (χ3v) is 12.5. The van der Waals surface area contributed by atoms with Gasteiger partial charge in [0.1, 0.15) is 11.2 Å². The molecule has 0 amide bonds. The Morgan fingerprint density at radius 3 is 1.25 bits per heavy atom. The van der Waals surface area contributed by atoms with Gasteiger partial charge < -0.3 is 4.42 Å². The van der Waals surface area contributed by atoms with Gasteiger partial charge in [0.2, 0.25) is 0 Å². The number of pyridine rings is 3. The van der Waals surface area contributed by atoms with Crippen molar-refractivity contribution in [1.82, 2.24) is 15.0 Å². The summed E-state index contributed by atoms with van der Waals surface area (Å²) in [5.74, 6) is 0. The van der Waals surface area contributed by atoms with Crippen molar-refractivity contribution >= 4 is 21.9 Å². The van der Waals surface area contributed by atoms with Crippen molar-refractivity contribution in [2.24, 2.45) is 0 Å². The van der Waals surface area contributed by atoms with Crippen LogP contribution in [0.2, 0.25) is 0 Å². The van der Waals surface area contributed by atoms with E-state index in [9.17, 15) is 0 Å². The van der Waals surface area contributed by atoms with Crippen LogP contribution >= 0.6 is 0 Å². The molecule has 0 bridgehead atoms. The second-order valence-electron chi connectivity index (χ2n) is 18.6. The summed E-state index contributed by atoms with van der Waals surface area (Å²) in [5, 5.41) is 2.24. The lowest BCUT2D eigenvalue weighted by molar-refractivity contribution is 0.505. The van der Waals surface area contributed by atoms with E-state index in [0.29, 0.717) is 0 Å². The standard InChI is InChI=1S/C57H53N3O/c1-55(2,44-24-27-50(58-36-44)42-16-9-7-10-17-42)33-39-30-40(34-56(3,4)45-25-28-51(59-37-45)43-18-11-8-12-19-43)32-41(31-39)35-57(5,6)46-26-29-52(60-38-46)49-22-15-21-48-47-20-13-14-23-53(47)61-54(48)49/h7-32,36-38H,33-35H2,1-6H3. The number of hydrogen-bond donors (Lipinski definition) is 0. The highest BCUT2D eigenvalue weighted by molar-refractivity contribution is 6.09. The Labute approximate surface area is 360 Å². The molecule has 0 radical (unpaired) electrons. The van der Waals surface area contributed by atoms with E-state index in [1.165, 1.54) is 33.4 Å². The molecule has 61 heavy (non-hydrogen) atoms. The molecule has 302 valence electrons. The van der Waals surface area contributed by atoms with E-state index in [1.807, 2.05) is 24.3 Å². The summed E-state index contributed by atoms with van der Waals surface area (Å²) >= 11 is 0. The molecule has 0 saturated carbocycles. The minimum Gasteiger partial charge on any atom is -0.455 e. The number of para-hydroxylation sites is 2. The molecule has 0 spiro atoms. The van der Waals surface area contributed by atoms with Gasteiger partial charge in [-0.05, 0) is 99.2 Å². The minimum atomic E-state index is -0.174. The normalized spacial score (nSPS) is 12.3. The summed E-state index contributed by atoms with van der Waals surface area (Å²) < 4.78 is 6.36. The number of nitrogens with zero attached hydrogens (tertiary/aromatic N) is 3. The molecular weight excluding hydrogens is 743 g/mol. The molecular formula is C57H53N3O. The average Bonchev–Trinajstić information content (AvgIpc) is 3.66. The fourth-order valence-electron chi connectivity index (χ4n) is 9.03. The van der Waals surface area contributed by atoms with Crippen LogP contribution in [0, 0.1) is 0 Å². The summed E-state index contributed by atoms with van der Waals surface area (Å²) in [6.07, 6.45) is 8.84. The number of fused-ring (bicyclic) bond motifs is 3. The number of benzene rings is 5. The first-order valence-electron chi connectivity index (χ1n) is 21.4. The predicted molar refractivity (Wildman–Crippen MR) is 253 cm³/mol. The SMILES string of the molecule is CC(C)(Cc1cc(CC(C)(C)c2ccc(-c3ccccc3)nc2)cc(CC(C)(C)c2ccc(-c3cccc4c3oc3ccccc34)nc2)c1)c1ccc(-c2ccccc2)nc1. The Bertz CT molecular complexity index is 2810. The number of aromatic nitrogens is 3. The molecule has 0 fully saturated rings. The van der Waals surface area contributed by atoms with E-state index in [4.69, 9.17) is 19.4 Å². The molecule has 4 aromatic heterocycles. The quantitative estimate of drug-likeness (QED) is 0.124. The zero-order chi connectivity index (χ0) is 42.2. The van der Waals surface area contributed by atoms with E-state index in [0.717, 1.165) is 75.0 Å². The number of furan rings is 1. The first kappa shape index (κ1) is 39.8. The van der Waals surface area contributed by atoms with Gasteiger partial charge in [0.05, 0.1) is 17.1 Å². The van der Waals surface area contributed by atoms with Crippen LogP contribution < -0.4 is 0 Å². The maximum Gasteiger partial charge on any atom is 0.144 e. The lowest BCUT2D eigenvalue weighted by atomic mass is 9.75. The Balaban J connectivity index is 1.01. The molecule has 0 aliphatic heterocycles. The summed E-state index contributed by atoms with van der Waals surface area (Å²) in [5.41, 5.74) is 15.2. The molecule has 9 rings (SSSR count). The van der Waals surface area contributed by atoms with Gasteiger partial charge in [0.15, 0.2) is 0 Å². The summed E-state index contributed by atoms with van der Waals surface area (Å²) in [6, 6.07) is 55.9. The summed E-state index contributed by atoms with van der Waals surface area (Å²) in [4.78, 5) is 14.9. The molecule has 0 aliphatic carbocycles. The van der Waals surface area contributed by atoms with Crippen molar-refractivity contribution < 1.29 is 4.42 Å². The zero-order valence-electron chi connectivity index (χ0n) is 36.1. The molecule has 4 nitrogen and oxygen atoms in total. The van der Waals surface area contributed by atoms with Crippen LogP contribution in [0.1, 0.15) is 74.9 Å². The lowest BCUT2D eigenvalue weighted by Crippen LogP contribution is -2.24. The second-order valence-corrected chi connectivity index (χ2v) is 18.6. The molecule has 4 heteroatoms. The van der Waals surface area contributed by atoms with Gasteiger partial charge in [0.25, 0.3) is 0 Å². The second kappa shape index (κ2) is 16.1. The third-order valence-electron chi connectivity index (χ3n) is 12.5. The fourth-order valence-corrected chi connectivity index (χ4v) is 9.03. The summed E-state index contributed by atoms with van der Waals surface area (Å²) in [7, 11) is 0. The number of rotatable bonds is 12. The largest absolute Gasteiger partial charge is 0.455 e. The van der Waals surface area contributed by atoms with Crippen LogP contribution in [-0.4, -0.2) is 15.0 Å². The Hall–Kier alpha value is -6.65. The maximum absolute atomic E-state index is 6.36. The van der Waals surface area contributed by atoms with Crippen molar-refractivity contribution in [2.75, 3.05) is 0 Å². The highest BCUT2D eigenvalue weighted by atomic mass is 16.3. The lowest BCUT2D eigenvalue weighted by Gasteiger charge is -2.30. The number of hydrogen-bond acceptors (Lipinski definition) is 4. The van der Waals surface area contributed by atoms with Crippen LogP contribution in [-0.2, 0) is 35.5 Å². The third kappa shape index (κ3) is 8.41. The molecule has 0 atom stereocenters. The van der Waals surface area contributed by atoms with Gasteiger partial charge in [-0.2, -0.15) is 0 Å². The van der Waals surface area contributed by atoms with Crippen LogP contribution in [0.15, 0.2) is 181 Å². The monoisotopic (exact) mass is 795 g/mol. The first-order chi connectivity index (χ1) is 29.4. The van der Waals surface area contributed by atoms with Gasteiger partial charge in [-0.3, -0.25) is 15.0 Å². The zero-order valence-corrected chi connectivity index (χ0v) is 36.1. The Kier molecular flexibility index (Phi) is 10.5. The van der Waals surface area contributed by atoms with E-state index < -0.39 is 0 Å². The molecule has 0 N–H and O–H groups in total. The van der Waals surface area contributed by atoms with Crippen LogP contribution in [0.4, 0.5) is 0 Å². The highest BCUT2D eigenvalue weighted by Gasteiger charge is 2.28. The molecule has 0 aliphatic rings. The van der Waals surface area contributed by atoms with Crippen molar-refractivity contribution in [1.29, 1.82) is 0 Å². The van der Waals surface area contributed by atoms with Gasteiger partial charge in [-0.25, -0.2) is 0 Å². The Morgan fingerprint density at radius 1 is 0.393 bits per heavy atom. The van der Waals surface area contributed by atoms with E-state index in [1.54, 1.807) is 0 Å². The molecule has 5 aromatic carbocycles. The Morgan fingerprint density at radius 2 is 0.803 bits per heavy atom. The molecule has 9 aromatic rings. The van der Waals surface area contributed by atoms with Crippen molar-refractivity contribution in [2.45, 2.75) is 77.0 Å². The van der Waals surface area contributed by atoms with Gasteiger partial charge in [-0.15, -0.1) is 0 Å². The van der Waals surface area contributed by atoms with Crippen molar-refractivity contribution in [3.8, 4) is 33.8 Å². The van der Waals surface area contributed by atoms with Gasteiger partial charge in [-0.1, -0.05) is 169 Å². The molecule has 4 heterocycles. The average molecular weight is 796 g/mol. The molecule has 0 saturated heterocycles. The topological polar surface area (TPSA) is 51.8 Å². The maximum atomic E-state index is 6.36. The molecule has 0 unspecified atom stereocenters. The van der Waals surface area contributed by atoms with Crippen LogP contribution in [0.5, 0.6) is 0 Å². The smallest absolute Gasteiger partial charge is 0.144 e. The first-order valence-corrected chi connectivity index (χ1v) is 21.4. The van der Waals surface area contributed by atoms with Crippen LogP contribution in [0.25, 0.3) is 55.7 Å². The van der Waals surface area contributed by atoms with Gasteiger partial charge >= 0.3 is 0 Å². The van der Waals surface area contributed by atoms with E-state index in [2.05, 4.69) is 194 Å². The van der Waals surface area contributed by atoms with Crippen molar-refractivity contribution in [3.63, 3.8) is 0 Å². The highest BCUT2D eigenvalue weighted by Crippen LogP contribution is 2.38. The van der Waals surface area contributed by atoms with Crippen LogP contribution in [0.3, 0.4) is 0 Å².